The highest BCUT2D eigenvalue weighted by Gasteiger charge is 2.33. The van der Waals surface area contributed by atoms with Gasteiger partial charge in [0.25, 0.3) is 5.91 Å². The van der Waals surface area contributed by atoms with Crippen molar-refractivity contribution in [2.24, 2.45) is 5.10 Å². The number of halogens is 1. The van der Waals surface area contributed by atoms with Crippen LogP contribution in [0.4, 0.5) is 4.39 Å². The molecule has 43 heavy (non-hydrogen) atoms. The number of aromatic nitrogens is 3. The summed E-state index contributed by atoms with van der Waals surface area (Å²) in [5.41, 5.74) is 3.38. The summed E-state index contributed by atoms with van der Waals surface area (Å²) in [4.78, 5) is 27.3. The molecule has 5 aromatic rings. The zero-order chi connectivity index (χ0) is 29.6. The monoisotopic (exact) mass is 610 g/mol. The zero-order valence-corrected chi connectivity index (χ0v) is 24.6. The molecule has 1 aliphatic heterocycles. The van der Waals surface area contributed by atoms with E-state index < -0.39 is 0 Å². The van der Waals surface area contributed by atoms with Crippen molar-refractivity contribution in [1.82, 2.24) is 25.1 Å². The number of hydrazone groups is 1. The van der Waals surface area contributed by atoms with Crippen LogP contribution >= 0.6 is 23.1 Å². The molecule has 1 atom stereocenters. The number of amides is 2. The quantitative estimate of drug-likeness (QED) is 0.202. The van der Waals surface area contributed by atoms with Crippen molar-refractivity contribution in [1.29, 1.82) is 0 Å². The molecule has 0 aliphatic carbocycles. The maximum Gasteiger partial charge on any atom is 0.253 e. The van der Waals surface area contributed by atoms with E-state index in [1.54, 1.807) is 23.5 Å². The van der Waals surface area contributed by atoms with Gasteiger partial charge in [0.1, 0.15) is 5.82 Å². The Morgan fingerprint density at radius 3 is 2.40 bits per heavy atom. The molecule has 0 fully saturated rings. The Kier molecular flexibility index (Phi) is 8.71. The van der Waals surface area contributed by atoms with Gasteiger partial charge in [-0.05, 0) is 46.8 Å². The third-order valence-electron chi connectivity index (χ3n) is 6.92. The van der Waals surface area contributed by atoms with Gasteiger partial charge in [0, 0.05) is 12.1 Å². The smallest absolute Gasteiger partial charge is 0.253 e. The molecule has 0 spiro atoms. The second kappa shape index (κ2) is 13.1. The standard InChI is InChI=1S/C32H27FN6O2S2/c33-24-15-13-23(14-16-24)27-19-26(28-12-7-17-42-28)37-39(27)31(41)21-43-32-36-35-29(38(32)25-10-5-2-6-11-25)20-34-30(40)18-22-8-3-1-4-9-22/h1-17,27H,18-21H2,(H,34,40). The molecule has 0 radical (unpaired) electrons. The highest BCUT2D eigenvalue weighted by Crippen LogP contribution is 2.35. The van der Waals surface area contributed by atoms with Crippen molar-refractivity contribution in [2.45, 2.75) is 30.6 Å². The van der Waals surface area contributed by atoms with E-state index in [0.717, 1.165) is 27.4 Å². The molecule has 8 nitrogen and oxygen atoms in total. The fraction of sp³-hybridized carbons (Fsp3) is 0.156. The molecule has 3 heterocycles. The maximum absolute atomic E-state index is 13.7. The van der Waals surface area contributed by atoms with Crippen molar-refractivity contribution in [2.75, 3.05) is 5.75 Å². The zero-order valence-electron chi connectivity index (χ0n) is 23.0. The van der Waals surface area contributed by atoms with Crippen LogP contribution < -0.4 is 5.32 Å². The molecule has 1 aliphatic rings. The number of carbonyl (C=O) groups excluding carboxylic acids is 2. The molecule has 11 heteroatoms. The number of carbonyl (C=O) groups is 2. The average molecular weight is 611 g/mol. The summed E-state index contributed by atoms with van der Waals surface area (Å²) in [6, 6.07) is 28.9. The number of thiophene rings is 1. The average Bonchev–Trinajstić information content (AvgIpc) is 3.80. The van der Waals surface area contributed by atoms with Gasteiger partial charge in [0.05, 0.1) is 35.3 Å². The van der Waals surface area contributed by atoms with Gasteiger partial charge >= 0.3 is 0 Å². The number of rotatable bonds is 10. The number of thioether (sulfide) groups is 1. The number of nitrogens with one attached hydrogen (secondary N) is 1. The molecule has 216 valence electrons. The molecule has 2 amide bonds. The molecular formula is C32H27FN6O2S2. The third-order valence-corrected chi connectivity index (χ3v) is 8.75. The van der Waals surface area contributed by atoms with Crippen molar-refractivity contribution >= 4 is 40.6 Å². The first-order valence-corrected chi connectivity index (χ1v) is 15.5. The minimum absolute atomic E-state index is 0.0598. The molecular weight excluding hydrogens is 584 g/mol. The summed E-state index contributed by atoms with van der Waals surface area (Å²) in [5, 5.41) is 20.4. The van der Waals surface area contributed by atoms with E-state index in [1.165, 1.54) is 28.9 Å². The number of hydrogen-bond donors (Lipinski definition) is 1. The van der Waals surface area contributed by atoms with Gasteiger partial charge in [-0.1, -0.05) is 78.5 Å². The molecule has 6 rings (SSSR count). The summed E-state index contributed by atoms with van der Waals surface area (Å²) < 4.78 is 15.5. The molecule has 0 saturated heterocycles. The number of nitrogens with zero attached hydrogens (tertiary/aromatic N) is 5. The van der Waals surface area contributed by atoms with E-state index in [2.05, 4.69) is 15.5 Å². The maximum atomic E-state index is 13.7. The molecule has 2 aromatic heterocycles. The Bertz CT molecular complexity index is 1730. The van der Waals surface area contributed by atoms with Gasteiger partial charge in [-0.2, -0.15) is 5.10 Å². The summed E-state index contributed by atoms with van der Waals surface area (Å²) in [6.07, 6.45) is 0.797. The summed E-state index contributed by atoms with van der Waals surface area (Å²) in [5.74, 6) is -0.0537. The van der Waals surface area contributed by atoms with Crippen LogP contribution in [0.15, 0.2) is 113 Å². The van der Waals surface area contributed by atoms with Crippen LogP contribution in [-0.4, -0.2) is 43.1 Å². The van der Waals surface area contributed by atoms with Crippen LogP contribution in [0.25, 0.3) is 5.69 Å². The topological polar surface area (TPSA) is 92.5 Å². The van der Waals surface area contributed by atoms with Gasteiger partial charge in [-0.3, -0.25) is 14.2 Å². The predicted octanol–water partition coefficient (Wildman–Crippen LogP) is 5.80. The van der Waals surface area contributed by atoms with Gasteiger partial charge in [0.2, 0.25) is 5.91 Å². The lowest BCUT2D eigenvalue weighted by atomic mass is 10.0. The lowest BCUT2D eigenvalue weighted by Gasteiger charge is -2.22. The summed E-state index contributed by atoms with van der Waals surface area (Å²) in [7, 11) is 0. The van der Waals surface area contributed by atoms with Crippen LogP contribution in [-0.2, 0) is 22.6 Å². The van der Waals surface area contributed by atoms with Gasteiger partial charge in [0.15, 0.2) is 11.0 Å². The molecule has 1 unspecified atom stereocenters. The third kappa shape index (κ3) is 6.73. The normalized spacial score (nSPS) is 14.5. The van der Waals surface area contributed by atoms with Crippen molar-refractivity contribution in [3.05, 3.63) is 130 Å². The van der Waals surface area contributed by atoms with Crippen LogP contribution in [0.5, 0.6) is 0 Å². The van der Waals surface area contributed by atoms with E-state index in [4.69, 9.17) is 5.10 Å². The molecule has 3 aromatic carbocycles. The fourth-order valence-corrected chi connectivity index (χ4v) is 6.38. The SMILES string of the molecule is O=C(Cc1ccccc1)NCc1nnc(SCC(=O)N2N=C(c3cccs3)CC2c2ccc(F)cc2)n1-c1ccccc1. The molecule has 0 bridgehead atoms. The minimum Gasteiger partial charge on any atom is -0.348 e. The highest BCUT2D eigenvalue weighted by molar-refractivity contribution is 7.99. The predicted molar refractivity (Wildman–Crippen MR) is 166 cm³/mol. The second-order valence-electron chi connectivity index (χ2n) is 9.83. The van der Waals surface area contributed by atoms with Crippen LogP contribution in [0, 0.1) is 5.82 Å². The largest absolute Gasteiger partial charge is 0.348 e. The Morgan fingerprint density at radius 2 is 1.67 bits per heavy atom. The number of para-hydroxylation sites is 1. The van der Waals surface area contributed by atoms with E-state index in [0.29, 0.717) is 17.4 Å². The van der Waals surface area contributed by atoms with Crippen molar-refractivity contribution in [3.63, 3.8) is 0 Å². The van der Waals surface area contributed by atoms with E-state index in [-0.39, 0.29) is 42.4 Å². The molecule has 0 saturated carbocycles. The summed E-state index contributed by atoms with van der Waals surface area (Å²) in [6.45, 7) is 0.176. The Labute approximate surface area is 256 Å². The number of benzene rings is 3. The first-order chi connectivity index (χ1) is 21.0. The van der Waals surface area contributed by atoms with Crippen LogP contribution in [0.3, 0.4) is 0 Å². The lowest BCUT2D eigenvalue weighted by Crippen LogP contribution is -2.28. The number of hydrogen-bond acceptors (Lipinski definition) is 7. The Morgan fingerprint density at radius 1 is 0.930 bits per heavy atom. The van der Waals surface area contributed by atoms with Crippen molar-refractivity contribution < 1.29 is 14.0 Å². The van der Waals surface area contributed by atoms with E-state index >= 15 is 0 Å². The Hall–Kier alpha value is -4.61. The fourth-order valence-electron chi connectivity index (χ4n) is 4.83. The Balaban J connectivity index is 1.20. The molecule has 1 N–H and O–H groups in total. The highest BCUT2D eigenvalue weighted by atomic mass is 32.2. The van der Waals surface area contributed by atoms with Crippen molar-refractivity contribution in [3.8, 4) is 5.69 Å². The summed E-state index contributed by atoms with van der Waals surface area (Å²) >= 11 is 2.82. The first kappa shape index (κ1) is 28.5. The lowest BCUT2D eigenvalue weighted by molar-refractivity contribution is -0.130. The van der Waals surface area contributed by atoms with Crippen LogP contribution in [0.1, 0.15) is 34.3 Å². The van der Waals surface area contributed by atoms with Crippen LogP contribution in [0.2, 0.25) is 0 Å². The van der Waals surface area contributed by atoms with Gasteiger partial charge in [-0.25, -0.2) is 9.40 Å². The van der Waals surface area contributed by atoms with Gasteiger partial charge < -0.3 is 5.32 Å². The minimum atomic E-state index is -0.340. The first-order valence-electron chi connectivity index (χ1n) is 13.7. The van der Waals surface area contributed by atoms with E-state index in [1.807, 2.05) is 82.7 Å². The second-order valence-corrected chi connectivity index (χ2v) is 11.7. The van der Waals surface area contributed by atoms with Gasteiger partial charge in [-0.15, -0.1) is 21.5 Å². The van der Waals surface area contributed by atoms with E-state index in [9.17, 15) is 14.0 Å².